The van der Waals surface area contributed by atoms with Gasteiger partial charge in [0.2, 0.25) is 0 Å². The number of carbonyl (C=O) groups is 2. The van der Waals surface area contributed by atoms with Crippen molar-refractivity contribution in [2.75, 3.05) is 40.5 Å². The summed E-state index contributed by atoms with van der Waals surface area (Å²) < 4.78 is 21.6. The number of hydrogen-bond donors (Lipinski definition) is 3. The van der Waals surface area contributed by atoms with E-state index >= 15 is 0 Å². The minimum Gasteiger partial charge on any atom is -0.493 e. The SMILES string of the molecule is COC(=O)C1=C(C)NC(C)=C(C(=O)OC)C1c1ccc([N+](=O)[O-])cc1OCCCCNCC(O)COc1ccccc1. The second kappa shape index (κ2) is 15.5. The molecule has 42 heavy (non-hydrogen) atoms. The largest absolute Gasteiger partial charge is 0.493 e. The number of rotatable bonds is 15. The Balaban J connectivity index is 1.68. The first-order chi connectivity index (χ1) is 20.2. The molecular formula is C30H37N3O9. The molecule has 226 valence electrons. The summed E-state index contributed by atoms with van der Waals surface area (Å²) in [5.41, 5.74) is 1.48. The fourth-order valence-corrected chi connectivity index (χ4v) is 4.64. The Kier molecular flexibility index (Phi) is 11.9. The maximum absolute atomic E-state index is 12.9. The fraction of sp³-hybridized carbons (Fsp3) is 0.400. The van der Waals surface area contributed by atoms with Gasteiger partial charge in [0, 0.05) is 29.6 Å². The molecule has 0 saturated carbocycles. The van der Waals surface area contributed by atoms with Crippen LogP contribution in [0.15, 0.2) is 71.1 Å². The highest BCUT2D eigenvalue weighted by Gasteiger charge is 2.39. The normalized spacial score (nSPS) is 14.2. The molecule has 12 nitrogen and oxygen atoms in total. The van der Waals surface area contributed by atoms with Gasteiger partial charge < -0.3 is 34.7 Å². The van der Waals surface area contributed by atoms with Crippen molar-refractivity contribution in [1.29, 1.82) is 0 Å². The van der Waals surface area contributed by atoms with Gasteiger partial charge in [-0.15, -0.1) is 0 Å². The summed E-state index contributed by atoms with van der Waals surface area (Å²) in [4.78, 5) is 36.7. The minimum absolute atomic E-state index is 0.162. The molecule has 0 amide bonds. The van der Waals surface area contributed by atoms with Gasteiger partial charge in [-0.05, 0) is 51.4 Å². The number of carbonyl (C=O) groups excluding carboxylic acids is 2. The Morgan fingerprint density at radius 1 is 1.00 bits per heavy atom. The van der Waals surface area contributed by atoms with E-state index < -0.39 is 28.9 Å². The molecule has 1 atom stereocenters. The number of non-ortho nitro benzene ring substituents is 1. The van der Waals surface area contributed by atoms with Crippen molar-refractivity contribution < 1.29 is 38.6 Å². The molecule has 0 saturated heterocycles. The molecule has 1 aliphatic rings. The first-order valence-electron chi connectivity index (χ1n) is 13.5. The second-order valence-electron chi connectivity index (χ2n) is 9.64. The number of aliphatic hydroxyl groups excluding tert-OH is 1. The summed E-state index contributed by atoms with van der Waals surface area (Å²) in [5.74, 6) is -1.41. The van der Waals surface area contributed by atoms with E-state index in [1.807, 2.05) is 30.3 Å². The number of nitrogens with zero attached hydrogens (tertiary/aromatic N) is 1. The van der Waals surface area contributed by atoms with Crippen molar-refractivity contribution in [1.82, 2.24) is 10.6 Å². The predicted octanol–water partition coefficient (Wildman–Crippen LogP) is 3.36. The number of para-hydroxylation sites is 1. The second-order valence-corrected chi connectivity index (χ2v) is 9.64. The molecular weight excluding hydrogens is 546 g/mol. The van der Waals surface area contributed by atoms with E-state index in [0.717, 1.165) is 0 Å². The molecule has 0 radical (unpaired) electrons. The Bertz CT molecular complexity index is 1290. The number of nitrogens with one attached hydrogen (secondary N) is 2. The number of methoxy groups -OCH3 is 2. The Morgan fingerprint density at radius 2 is 1.64 bits per heavy atom. The maximum Gasteiger partial charge on any atom is 0.336 e. The van der Waals surface area contributed by atoms with Crippen LogP contribution < -0.4 is 20.1 Å². The number of dihydropyridines is 1. The zero-order valence-corrected chi connectivity index (χ0v) is 24.2. The number of aliphatic hydroxyl groups is 1. The highest BCUT2D eigenvalue weighted by Crippen LogP contribution is 2.43. The Morgan fingerprint density at radius 3 is 2.24 bits per heavy atom. The molecule has 2 aromatic rings. The number of hydrogen-bond acceptors (Lipinski definition) is 11. The molecule has 1 aliphatic heterocycles. The van der Waals surface area contributed by atoms with E-state index in [9.17, 15) is 24.8 Å². The van der Waals surface area contributed by atoms with E-state index in [1.165, 1.54) is 32.4 Å². The molecule has 3 N–H and O–H groups in total. The summed E-state index contributed by atoms with van der Waals surface area (Å²) in [6.45, 7) is 4.69. The number of ether oxygens (including phenoxy) is 4. The summed E-state index contributed by atoms with van der Waals surface area (Å²) in [6.07, 6.45) is 0.609. The van der Waals surface area contributed by atoms with Crippen LogP contribution in [0.25, 0.3) is 0 Å². The van der Waals surface area contributed by atoms with Crippen molar-refractivity contribution in [3.05, 3.63) is 86.7 Å². The van der Waals surface area contributed by atoms with E-state index in [4.69, 9.17) is 18.9 Å². The summed E-state index contributed by atoms with van der Waals surface area (Å²) in [6, 6.07) is 13.3. The van der Waals surface area contributed by atoms with Crippen molar-refractivity contribution in [3.8, 4) is 11.5 Å². The molecule has 0 spiro atoms. The van der Waals surface area contributed by atoms with Gasteiger partial charge in [0.1, 0.15) is 24.2 Å². The third kappa shape index (κ3) is 8.30. The Labute approximate surface area is 244 Å². The van der Waals surface area contributed by atoms with Gasteiger partial charge in [0.15, 0.2) is 0 Å². The average Bonchev–Trinajstić information content (AvgIpc) is 2.98. The van der Waals surface area contributed by atoms with Gasteiger partial charge in [0.05, 0.1) is 48.9 Å². The van der Waals surface area contributed by atoms with Crippen LogP contribution in [0.1, 0.15) is 38.2 Å². The standard InChI is InChI=1S/C30H37N3O9/c1-19-26(29(35)39-3)28(27(20(2)32-19)30(36)40-4)24-13-12-21(33(37)38)16-25(24)41-15-9-8-14-31-17-22(34)18-42-23-10-6-5-7-11-23/h5-7,10-13,16,22,28,31-32,34H,8-9,14-15,17-18H2,1-4H3. The lowest BCUT2D eigenvalue weighted by Gasteiger charge is -2.30. The monoisotopic (exact) mass is 583 g/mol. The summed E-state index contributed by atoms with van der Waals surface area (Å²) >= 11 is 0. The van der Waals surface area contributed by atoms with E-state index in [2.05, 4.69) is 10.6 Å². The van der Waals surface area contributed by atoms with E-state index in [1.54, 1.807) is 13.8 Å². The van der Waals surface area contributed by atoms with Crippen LogP contribution in [0, 0.1) is 10.1 Å². The van der Waals surface area contributed by atoms with Gasteiger partial charge in [0.25, 0.3) is 5.69 Å². The molecule has 0 bridgehead atoms. The molecule has 1 unspecified atom stereocenters. The van der Waals surface area contributed by atoms with Crippen molar-refractivity contribution >= 4 is 17.6 Å². The average molecular weight is 584 g/mol. The molecule has 0 aliphatic carbocycles. The first kappa shape index (κ1) is 32.1. The number of unbranched alkanes of at least 4 members (excludes halogenated alkanes) is 1. The third-order valence-electron chi connectivity index (χ3n) is 6.66. The van der Waals surface area contributed by atoms with Gasteiger partial charge in [-0.25, -0.2) is 9.59 Å². The van der Waals surface area contributed by atoms with Crippen molar-refractivity contribution in [2.45, 2.75) is 38.7 Å². The molecule has 12 heteroatoms. The Hall–Kier alpha value is -4.42. The fourth-order valence-electron chi connectivity index (χ4n) is 4.64. The zero-order valence-electron chi connectivity index (χ0n) is 24.2. The van der Waals surface area contributed by atoms with Crippen LogP contribution in [0.5, 0.6) is 11.5 Å². The summed E-state index contributed by atoms with van der Waals surface area (Å²) in [7, 11) is 2.47. The van der Waals surface area contributed by atoms with Gasteiger partial charge in [-0.2, -0.15) is 0 Å². The number of esters is 2. The predicted molar refractivity (Wildman–Crippen MR) is 154 cm³/mol. The van der Waals surface area contributed by atoms with Gasteiger partial charge in [-0.1, -0.05) is 18.2 Å². The topological polar surface area (TPSA) is 158 Å². The lowest BCUT2D eigenvalue weighted by Crippen LogP contribution is -2.32. The van der Waals surface area contributed by atoms with Crippen molar-refractivity contribution in [3.63, 3.8) is 0 Å². The molecule has 1 heterocycles. The highest BCUT2D eigenvalue weighted by molar-refractivity contribution is 6.00. The van der Waals surface area contributed by atoms with E-state index in [0.29, 0.717) is 48.6 Å². The number of benzene rings is 2. The maximum atomic E-state index is 12.9. The van der Waals surface area contributed by atoms with E-state index in [-0.39, 0.29) is 35.8 Å². The molecule has 0 aromatic heterocycles. The zero-order chi connectivity index (χ0) is 30.6. The van der Waals surface area contributed by atoms with Crippen LogP contribution in [0.4, 0.5) is 5.69 Å². The lowest BCUT2D eigenvalue weighted by atomic mass is 9.80. The van der Waals surface area contributed by atoms with Crippen molar-refractivity contribution in [2.24, 2.45) is 0 Å². The van der Waals surface area contributed by atoms with Crippen LogP contribution in [-0.4, -0.2) is 68.6 Å². The molecule has 3 rings (SSSR count). The smallest absolute Gasteiger partial charge is 0.336 e. The number of allylic oxidation sites excluding steroid dienone is 2. The number of nitro groups is 1. The number of nitro benzene ring substituents is 1. The van der Waals surface area contributed by atoms with Gasteiger partial charge >= 0.3 is 11.9 Å². The molecule has 2 aromatic carbocycles. The van der Waals surface area contributed by atoms with Crippen LogP contribution in [0.3, 0.4) is 0 Å². The van der Waals surface area contributed by atoms with Crippen LogP contribution >= 0.6 is 0 Å². The lowest BCUT2D eigenvalue weighted by molar-refractivity contribution is -0.385. The quantitative estimate of drug-likeness (QED) is 0.122. The highest BCUT2D eigenvalue weighted by atomic mass is 16.6. The van der Waals surface area contributed by atoms with Crippen LogP contribution in [0.2, 0.25) is 0 Å². The first-order valence-corrected chi connectivity index (χ1v) is 13.5. The van der Waals surface area contributed by atoms with Crippen LogP contribution in [-0.2, 0) is 19.1 Å². The molecule has 0 fully saturated rings. The summed E-state index contributed by atoms with van der Waals surface area (Å²) in [5, 5.41) is 27.9. The minimum atomic E-state index is -0.941. The van der Waals surface area contributed by atoms with Gasteiger partial charge in [-0.3, -0.25) is 10.1 Å². The third-order valence-corrected chi connectivity index (χ3v) is 6.66.